The standard InChI is InChI=1S/C19H26N2O3/c1-13(2)21-12-15(11-20-8-6-16(22)7-9-20)17-10-14(19(23)24-3)4-5-18(17)21/h4-5,10,12-13,16,22H,6-9,11H2,1-3H3. The Hall–Kier alpha value is -1.85. The molecule has 24 heavy (non-hydrogen) atoms. The molecule has 1 saturated heterocycles. The van der Waals surface area contributed by atoms with Crippen molar-refractivity contribution in [3.63, 3.8) is 0 Å². The summed E-state index contributed by atoms with van der Waals surface area (Å²) in [6.07, 6.45) is 3.69. The molecule has 0 bridgehead atoms. The Morgan fingerprint density at radius 1 is 1.33 bits per heavy atom. The highest BCUT2D eigenvalue weighted by atomic mass is 16.5. The number of carbonyl (C=O) groups is 1. The van der Waals surface area contributed by atoms with Crippen molar-refractivity contribution in [2.24, 2.45) is 0 Å². The number of carbonyl (C=O) groups excluding carboxylic acids is 1. The maximum absolute atomic E-state index is 11.9. The highest BCUT2D eigenvalue weighted by Gasteiger charge is 2.20. The van der Waals surface area contributed by atoms with E-state index in [1.54, 1.807) is 0 Å². The monoisotopic (exact) mass is 330 g/mol. The molecule has 5 nitrogen and oxygen atoms in total. The predicted octanol–water partition coefficient (Wildman–Crippen LogP) is 2.97. The predicted molar refractivity (Wildman–Crippen MR) is 94.2 cm³/mol. The van der Waals surface area contributed by atoms with Gasteiger partial charge in [-0.3, -0.25) is 4.90 Å². The van der Waals surface area contributed by atoms with Crippen LogP contribution in [0, 0.1) is 0 Å². The van der Waals surface area contributed by atoms with E-state index in [0.717, 1.165) is 43.4 Å². The quantitative estimate of drug-likeness (QED) is 0.876. The second-order valence-corrected chi connectivity index (χ2v) is 6.89. The molecule has 5 heteroatoms. The molecule has 0 unspecified atom stereocenters. The van der Waals surface area contributed by atoms with Crippen molar-refractivity contribution < 1.29 is 14.6 Å². The van der Waals surface area contributed by atoms with Gasteiger partial charge in [0.1, 0.15) is 0 Å². The molecule has 1 aliphatic rings. The molecule has 1 fully saturated rings. The summed E-state index contributed by atoms with van der Waals surface area (Å²) < 4.78 is 7.11. The van der Waals surface area contributed by atoms with E-state index in [2.05, 4.69) is 29.5 Å². The number of methoxy groups -OCH3 is 1. The van der Waals surface area contributed by atoms with E-state index in [1.807, 2.05) is 18.2 Å². The highest BCUT2D eigenvalue weighted by molar-refractivity contribution is 5.96. The summed E-state index contributed by atoms with van der Waals surface area (Å²) >= 11 is 0. The van der Waals surface area contributed by atoms with Crippen LogP contribution in [-0.4, -0.2) is 46.8 Å². The van der Waals surface area contributed by atoms with Crippen molar-refractivity contribution in [2.45, 2.75) is 45.4 Å². The van der Waals surface area contributed by atoms with Gasteiger partial charge in [0.2, 0.25) is 0 Å². The Balaban J connectivity index is 1.97. The smallest absolute Gasteiger partial charge is 0.337 e. The van der Waals surface area contributed by atoms with Crippen molar-refractivity contribution in [3.05, 3.63) is 35.5 Å². The summed E-state index contributed by atoms with van der Waals surface area (Å²) in [5, 5.41) is 10.8. The van der Waals surface area contributed by atoms with Crippen LogP contribution in [0.2, 0.25) is 0 Å². The number of fused-ring (bicyclic) bond motifs is 1. The number of benzene rings is 1. The van der Waals surface area contributed by atoms with Gasteiger partial charge in [0.05, 0.1) is 18.8 Å². The number of hydrogen-bond acceptors (Lipinski definition) is 4. The van der Waals surface area contributed by atoms with Gasteiger partial charge in [-0.05, 0) is 50.5 Å². The van der Waals surface area contributed by atoms with Crippen LogP contribution in [-0.2, 0) is 11.3 Å². The normalized spacial score (nSPS) is 16.9. The fourth-order valence-corrected chi connectivity index (χ4v) is 3.44. The first-order chi connectivity index (χ1) is 11.5. The number of aromatic nitrogens is 1. The van der Waals surface area contributed by atoms with Crippen molar-refractivity contribution in [1.29, 1.82) is 0 Å². The van der Waals surface area contributed by atoms with E-state index in [1.165, 1.54) is 12.7 Å². The lowest BCUT2D eigenvalue weighted by Gasteiger charge is -2.29. The highest BCUT2D eigenvalue weighted by Crippen LogP contribution is 2.28. The Bertz CT molecular complexity index is 728. The second kappa shape index (κ2) is 6.95. The number of aliphatic hydroxyl groups excluding tert-OH is 1. The molecule has 1 aliphatic heterocycles. The number of piperidine rings is 1. The third kappa shape index (κ3) is 3.32. The summed E-state index contributed by atoms with van der Waals surface area (Å²) in [7, 11) is 1.41. The average molecular weight is 330 g/mol. The van der Waals surface area contributed by atoms with Crippen LogP contribution >= 0.6 is 0 Å². The van der Waals surface area contributed by atoms with E-state index >= 15 is 0 Å². The Kier molecular flexibility index (Phi) is 4.92. The minimum atomic E-state index is -0.304. The number of ether oxygens (including phenoxy) is 1. The lowest BCUT2D eigenvalue weighted by atomic mass is 10.1. The first-order valence-corrected chi connectivity index (χ1v) is 8.61. The molecule has 130 valence electrons. The topological polar surface area (TPSA) is 54.7 Å². The van der Waals surface area contributed by atoms with Gasteiger partial charge < -0.3 is 14.4 Å². The van der Waals surface area contributed by atoms with E-state index in [4.69, 9.17) is 4.74 Å². The van der Waals surface area contributed by atoms with Gasteiger partial charge in [0, 0.05) is 42.8 Å². The minimum Gasteiger partial charge on any atom is -0.465 e. The number of rotatable bonds is 4. The van der Waals surface area contributed by atoms with Crippen LogP contribution in [0.1, 0.15) is 48.7 Å². The molecular weight excluding hydrogens is 304 g/mol. The summed E-state index contributed by atoms with van der Waals surface area (Å²) in [6.45, 7) is 6.98. The fourth-order valence-electron chi connectivity index (χ4n) is 3.44. The van der Waals surface area contributed by atoms with Crippen molar-refractivity contribution in [1.82, 2.24) is 9.47 Å². The molecule has 1 N–H and O–H groups in total. The summed E-state index contributed by atoms with van der Waals surface area (Å²) in [5.41, 5.74) is 2.95. The van der Waals surface area contributed by atoms with Gasteiger partial charge in [-0.15, -0.1) is 0 Å². The molecule has 1 aromatic carbocycles. The first kappa shape index (κ1) is 17.0. The number of aliphatic hydroxyl groups is 1. The molecule has 0 spiro atoms. The zero-order valence-corrected chi connectivity index (χ0v) is 14.7. The van der Waals surface area contributed by atoms with Gasteiger partial charge >= 0.3 is 5.97 Å². The molecule has 1 aromatic heterocycles. The molecule has 2 aromatic rings. The summed E-state index contributed by atoms with van der Waals surface area (Å²) in [4.78, 5) is 14.2. The number of nitrogens with zero attached hydrogens (tertiary/aromatic N) is 2. The third-order valence-electron chi connectivity index (χ3n) is 4.84. The van der Waals surface area contributed by atoms with Crippen LogP contribution in [0.4, 0.5) is 0 Å². The zero-order valence-electron chi connectivity index (χ0n) is 14.7. The molecule has 0 amide bonds. The van der Waals surface area contributed by atoms with Gasteiger partial charge in [-0.2, -0.15) is 0 Å². The van der Waals surface area contributed by atoms with E-state index in [-0.39, 0.29) is 12.1 Å². The number of esters is 1. The molecule has 2 heterocycles. The minimum absolute atomic E-state index is 0.163. The van der Waals surface area contributed by atoms with E-state index < -0.39 is 0 Å². The molecule has 0 radical (unpaired) electrons. The first-order valence-electron chi connectivity index (χ1n) is 8.61. The van der Waals surface area contributed by atoms with Crippen molar-refractivity contribution in [3.8, 4) is 0 Å². The third-order valence-corrected chi connectivity index (χ3v) is 4.84. The van der Waals surface area contributed by atoms with Gasteiger partial charge in [-0.1, -0.05) is 0 Å². The average Bonchev–Trinajstić information content (AvgIpc) is 2.94. The van der Waals surface area contributed by atoms with Crippen LogP contribution < -0.4 is 0 Å². The Labute approximate surface area is 142 Å². The SMILES string of the molecule is COC(=O)c1ccc2c(c1)c(CN1CCC(O)CC1)cn2C(C)C. The van der Waals surface area contributed by atoms with Gasteiger partial charge in [-0.25, -0.2) is 4.79 Å². The fraction of sp³-hybridized carbons (Fsp3) is 0.526. The largest absolute Gasteiger partial charge is 0.465 e. The Morgan fingerprint density at radius 3 is 2.67 bits per heavy atom. The van der Waals surface area contributed by atoms with E-state index in [9.17, 15) is 9.90 Å². The van der Waals surface area contributed by atoms with Crippen LogP contribution in [0.3, 0.4) is 0 Å². The van der Waals surface area contributed by atoms with Gasteiger partial charge in [0.15, 0.2) is 0 Å². The molecule has 0 atom stereocenters. The van der Waals surface area contributed by atoms with E-state index in [0.29, 0.717) is 11.6 Å². The zero-order chi connectivity index (χ0) is 17.3. The number of likely N-dealkylation sites (tertiary alicyclic amines) is 1. The lowest BCUT2D eigenvalue weighted by Crippen LogP contribution is -2.35. The molecular formula is C19H26N2O3. The molecule has 3 rings (SSSR count). The molecule has 0 aliphatic carbocycles. The van der Waals surface area contributed by atoms with Crippen molar-refractivity contribution in [2.75, 3.05) is 20.2 Å². The van der Waals surface area contributed by atoms with Crippen LogP contribution in [0.15, 0.2) is 24.4 Å². The van der Waals surface area contributed by atoms with Gasteiger partial charge in [0.25, 0.3) is 0 Å². The maximum Gasteiger partial charge on any atom is 0.337 e. The summed E-state index contributed by atoms with van der Waals surface area (Å²) in [5.74, 6) is -0.304. The lowest BCUT2D eigenvalue weighted by molar-refractivity contribution is 0.0600. The Morgan fingerprint density at radius 2 is 2.04 bits per heavy atom. The van der Waals surface area contributed by atoms with Crippen molar-refractivity contribution >= 4 is 16.9 Å². The second-order valence-electron chi connectivity index (χ2n) is 6.89. The van der Waals surface area contributed by atoms with Crippen LogP contribution in [0.5, 0.6) is 0 Å². The summed E-state index contributed by atoms with van der Waals surface area (Å²) in [6, 6.07) is 6.13. The number of hydrogen-bond donors (Lipinski definition) is 1. The maximum atomic E-state index is 11.9. The molecule has 0 saturated carbocycles. The van der Waals surface area contributed by atoms with Crippen LogP contribution in [0.25, 0.3) is 10.9 Å².